The predicted octanol–water partition coefficient (Wildman–Crippen LogP) is 4.96. The standard InChI is InChI=1S/C28H29F3N2O4/c1-4-32(5-2)13-14-33-23-17-20(25(34)37-6-3)16-22(28(29,30)31)24(23)27(36,26(33)35)21-12-11-18-9-7-8-10-19(18)15-21/h7-12,15-17,36H,4-6,13-14H2,1-3H3. The number of hydrogen-bond acceptors (Lipinski definition) is 5. The van der Waals surface area contributed by atoms with Crippen molar-refractivity contribution in [1.29, 1.82) is 0 Å². The van der Waals surface area contributed by atoms with Gasteiger partial charge in [0, 0.05) is 18.7 Å². The van der Waals surface area contributed by atoms with Gasteiger partial charge < -0.3 is 19.6 Å². The van der Waals surface area contributed by atoms with Gasteiger partial charge >= 0.3 is 12.1 Å². The molecule has 3 aromatic carbocycles. The molecule has 4 rings (SSSR count). The number of aliphatic hydroxyl groups is 1. The van der Waals surface area contributed by atoms with E-state index in [0.29, 0.717) is 31.1 Å². The molecule has 37 heavy (non-hydrogen) atoms. The first-order valence-corrected chi connectivity index (χ1v) is 12.2. The van der Waals surface area contributed by atoms with Crippen LogP contribution in [0.3, 0.4) is 0 Å². The van der Waals surface area contributed by atoms with Crippen LogP contribution in [-0.4, -0.2) is 54.7 Å². The number of anilines is 1. The summed E-state index contributed by atoms with van der Waals surface area (Å²) in [5, 5.41) is 13.4. The van der Waals surface area contributed by atoms with Crippen molar-refractivity contribution in [1.82, 2.24) is 4.90 Å². The van der Waals surface area contributed by atoms with Gasteiger partial charge in [0.2, 0.25) is 0 Å². The smallest absolute Gasteiger partial charge is 0.416 e. The molecule has 1 amide bonds. The molecule has 1 unspecified atom stereocenters. The molecule has 0 saturated carbocycles. The molecule has 1 aliphatic rings. The summed E-state index contributed by atoms with van der Waals surface area (Å²) in [5.41, 5.74) is -4.88. The molecule has 1 N–H and O–H groups in total. The minimum atomic E-state index is -4.95. The largest absolute Gasteiger partial charge is 0.462 e. The number of fused-ring (bicyclic) bond motifs is 2. The van der Waals surface area contributed by atoms with Gasteiger partial charge in [0.1, 0.15) is 0 Å². The van der Waals surface area contributed by atoms with Gasteiger partial charge in [0.05, 0.1) is 23.4 Å². The molecular formula is C28H29F3N2O4. The predicted molar refractivity (Wildman–Crippen MR) is 134 cm³/mol. The molecule has 0 aromatic heterocycles. The summed E-state index contributed by atoms with van der Waals surface area (Å²) in [6, 6.07) is 13.7. The van der Waals surface area contributed by atoms with E-state index in [-0.39, 0.29) is 30.0 Å². The number of halogens is 3. The molecular weight excluding hydrogens is 485 g/mol. The van der Waals surface area contributed by atoms with Gasteiger partial charge in [0.25, 0.3) is 5.91 Å². The van der Waals surface area contributed by atoms with Crippen molar-refractivity contribution >= 4 is 28.3 Å². The summed E-state index contributed by atoms with van der Waals surface area (Å²) >= 11 is 0. The van der Waals surface area contributed by atoms with Crippen LogP contribution in [0.1, 0.15) is 47.8 Å². The Labute approximate surface area is 213 Å². The van der Waals surface area contributed by atoms with E-state index >= 15 is 0 Å². The van der Waals surface area contributed by atoms with E-state index in [1.54, 1.807) is 25.1 Å². The second-order valence-electron chi connectivity index (χ2n) is 8.89. The minimum Gasteiger partial charge on any atom is -0.462 e. The highest BCUT2D eigenvalue weighted by Crippen LogP contribution is 2.51. The third-order valence-electron chi connectivity index (χ3n) is 6.84. The van der Waals surface area contributed by atoms with E-state index in [0.717, 1.165) is 10.3 Å². The van der Waals surface area contributed by atoms with E-state index in [9.17, 15) is 27.9 Å². The topological polar surface area (TPSA) is 70.1 Å². The molecule has 0 saturated heterocycles. The fourth-order valence-electron chi connectivity index (χ4n) is 4.87. The highest BCUT2D eigenvalue weighted by molar-refractivity contribution is 6.11. The summed E-state index contributed by atoms with van der Waals surface area (Å²) < 4.78 is 48.3. The van der Waals surface area contributed by atoms with Crippen LogP contribution in [0.5, 0.6) is 0 Å². The first-order valence-electron chi connectivity index (χ1n) is 12.2. The van der Waals surface area contributed by atoms with E-state index < -0.39 is 34.8 Å². The van der Waals surface area contributed by atoms with Crippen LogP contribution in [0.2, 0.25) is 0 Å². The molecule has 0 spiro atoms. The Kier molecular flexibility index (Phi) is 7.30. The molecule has 6 nitrogen and oxygen atoms in total. The summed E-state index contributed by atoms with van der Waals surface area (Å²) in [5.74, 6) is -1.83. The van der Waals surface area contributed by atoms with Crippen molar-refractivity contribution in [3.8, 4) is 0 Å². The number of rotatable bonds is 8. The fourth-order valence-corrected chi connectivity index (χ4v) is 4.87. The van der Waals surface area contributed by atoms with Gasteiger partial charge in [-0.2, -0.15) is 13.2 Å². The zero-order valence-corrected chi connectivity index (χ0v) is 20.9. The number of ether oxygens (including phenoxy) is 1. The SMILES string of the molecule is CCOC(=O)c1cc2c(c(C(F)(F)F)c1)C(O)(c1ccc3ccccc3c1)C(=O)N2CCN(CC)CC. The normalized spacial score (nSPS) is 17.5. The maximum atomic E-state index is 14.5. The molecule has 196 valence electrons. The number of hydrogen-bond donors (Lipinski definition) is 1. The maximum Gasteiger partial charge on any atom is 0.416 e. The maximum absolute atomic E-state index is 14.5. The summed E-state index contributed by atoms with van der Waals surface area (Å²) in [4.78, 5) is 29.5. The van der Waals surface area contributed by atoms with Crippen LogP contribution in [-0.2, 0) is 21.3 Å². The number of amides is 1. The Balaban J connectivity index is 1.98. The van der Waals surface area contributed by atoms with E-state index in [4.69, 9.17) is 4.74 Å². The molecule has 0 bridgehead atoms. The van der Waals surface area contributed by atoms with Crippen molar-refractivity contribution in [2.45, 2.75) is 32.5 Å². The van der Waals surface area contributed by atoms with Crippen molar-refractivity contribution in [2.24, 2.45) is 0 Å². The Morgan fingerprint density at radius 2 is 1.70 bits per heavy atom. The van der Waals surface area contributed by atoms with E-state index in [1.807, 2.05) is 30.9 Å². The number of carbonyl (C=O) groups excluding carboxylic acids is 2. The van der Waals surface area contributed by atoms with Crippen LogP contribution in [0.4, 0.5) is 18.9 Å². The van der Waals surface area contributed by atoms with E-state index in [2.05, 4.69) is 0 Å². The average Bonchev–Trinajstić information content (AvgIpc) is 3.10. The number of alkyl halides is 3. The molecule has 1 aliphatic heterocycles. The van der Waals surface area contributed by atoms with Gasteiger partial charge in [-0.15, -0.1) is 0 Å². The zero-order chi connectivity index (χ0) is 27.0. The highest BCUT2D eigenvalue weighted by atomic mass is 19.4. The van der Waals surface area contributed by atoms with Gasteiger partial charge in [-0.05, 0) is 54.5 Å². The number of carbonyl (C=O) groups is 2. The Bertz CT molecular complexity index is 1340. The second kappa shape index (κ2) is 10.1. The number of esters is 1. The molecule has 0 fully saturated rings. The molecule has 1 atom stereocenters. The first kappa shape index (κ1) is 26.6. The zero-order valence-electron chi connectivity index (χ0n) is 20.9. The van der Waals surface area contributed by atoms with Crippen molar-refractivity contribution in [3.63, 3.8) is 0 Å². The number of benzene rings is 3. The number of likely N-dealkylation sites (N-methyl/N-ethyl adjacent to an activating group) is 1. The third-order valence-corrected chi connectivity index (χ3v) is 6.84. The summed E-state index contributed by atoms with van der Waals surface area (Å²) in [7, 11) is 0. The van der Waals surface area contributed by atoms with Crippen molar-refractivity contribution in [3.05, 3.63) is 76.9 Å². The second-order valence-corrected chi connectivity index (χ2v) is 8.89. The quantitative estimate of drug-likeness (QED) is 0.431. The lowest BCUT2D eigenvalue weighted by molar-refractivity contribution is -0.142. The van der Waals surface area contributed by atoms with Gasteiger partial charge in [-0.3, -0.25) is 4.79 Å². The molecule has 0 aliphatic carbocycles. The van der Waals surface area contributed by atoms with E-state index in [1.165, 1.54) is 18.2 Å². The summed E-state index contributed by atoms with van der Waals surface area (Å²) in [6.07, 6.45) is -4.95. The lowest BCUT2D eigenvalue weighted by atomic mass is 9.83. The molecule has 3 aromatic rings. The van der Waals surface area contributed by atoms with Crippen LogP contribution < -0.4 is 4.90 Å². The van der Waals surface area contributed by atoms with Crippen molar-refractivity contribution in [2.75, 3.05) is 37.7 Å². The Morgan fingerprint density at radius 1 is 1.03 bits per heavy atom. The van der Waals surface area contributed by atoms with Crippen molar-refractivity contribution < 1.29 is 32.6 Å². The minimum absolute atomic E-state index is 0.0249. The van der Waals surface area contributed by atoms with Gasteiger partial charge in [-0.25, -0.2) is 4.79 Å². The highest BCUT2D eigenvalue weighted by Gasteiger charge is 2.56. The van der Waals surface area contributed by atoms with Gasteiger partial charge in [-0.1, -0.05) is 50.2 Å². The first-order chi connectivity index (χ1) is 17.6. The fraction of sp³-hybridized carbons (Fsp3) is 0.357. The van der Waals surface area contributed by atoms with Crippen LogP contribution >= 0.6 is 0 Å². The van der Waals surface area contributed by atoms with Crippen LogP contribution in [0, 0.1) is 0 Å². The lowest BCUT2D eigenvalue weighted by Gasteiger charge is -2.26. The molecule has 0 radical (unpaired) electrons. The molecule has 1 heterocycles. The molecule has 9 heteroatoms. The Morgan fingerprint density at radius 3 is 2.32 bits per heavy atom. The van der Waals surface area contributed by atoms with Gasteiger partial charge in [0.15, 0.2) is 5.60 Å². The van der Waals surface area contributed by atoms with Crippen LogP contribution in [0.25, 0.3) is 10.8 Å². The lowest BCUT2D eigenvalue weighted by Crippen LogP contribution is -2.44. The van der Waals surface area contributed by atoms with Crippen LogP contribution in [0.15, 0.2) is 54.6 Å². The third kappa shape index (κ3) is 4.69. The monoisotopic (exact) mass is 514 g/mol. The Hall–Kier alpha value is -3.43. The average molecular weight is 515 g/mol. The number of nitrogens with zero attached hydrogens (tertiary/aromatic N) is 2. The summed E-state index contributed by atoms with van der Waals surface area (Å²) in [6.45, 7) is 7.17.